The fourth-order valence-electron chi connectivity index (χ4n) is 3.53. The lowest BCUT2D eigenvalue weighted by atomic mass is 9.92. The summed E-state index contributed by atoms with van der Waals surface area (Å²) in [5, 5.41) is 2.72. The van der Waals surface area contributed by atoms with E-state index in [0.29, 0.717) is 13.0 Å². The first kappa shape index (κ1) is 18.6. The van der Waals surface area contributed by atoms with Gasteiger partial charge in [-0.1, -0.05) is 24.3 Å². The summed E-state index contributed by atoms with van der Waals surface area (Å²) in [5.74, 6) is 0.797. The molecule has 2 unspecified atom stereocenters. The number of rotatable bonds is 6. The molecular formula is C20H25N3O2S. The molecule has 0 radical (unpaired) electrons. The molecule has 1 N–H and O–H groups in total. The molecule has 1 aliphatic rings. The normalized spacial score (nSPS) is 17.5. The van der Waals surface area contributed by atoms with Crippen LogP contribution in [0.5, 0.6) is 0 Å². The van der Waals surface area contributed by atoms with Gasteiger partial charge >= 0.3 is 0 Å². The highest BCUT2D eigenvalue weighted by Crippen LogP contribution is 2.27. The Morgan fingerprint density at radius 2 is 1.88 bits per heavy atom. The highest BCUT2D eigenvalue weighted by Gasteiger charge is 2.37. The van der Waals surface area contributed by atoms with Crippen molar-refractivity contribution < 1.29 is 9.59 Å². The lowest BCUT2D eigenvalue weighted by molar-refractivity contribution is -0.144. The van der Waals surface area contributed by atoms with Crippen molar-refractivity contribution in [2.45, 2.75) is 31.5 Å². The van der Waals surface area contributed by atoms with Crippen molar-refractivity contribution in [1.82, 2.24) is 14.8 Å². The van der Waals surface area contributed by atoms with Crippen LogP contribution in [-0.4, -0.2) is 46.4 Å². The molecule has 0 saturated heterocycles. The number of thioether (sulfide) groups is 1. The lowest BCUT2D eigenvalue weighted by Crippen LogP contribution is -2.53. The number of hydrogen-bond donors (Lipinski definition) is 1. The summed E-state index contributed by atoms with van der Waals surface area (Å²) in [6.07, 6.45) is 7.20. The zero-order chi connectivity index (χ0) is 18.5. The van der Waals surface area contributed by atoms with Crippen molar-refractivity contribution in [2.24, 2.45) is 0 Å². The average Bonchev–Trinajstić information content (AvgIpc) is 3.21. The third kappa shape index (κ3) is 3.80. The molecule has 6 heteroatoms. The van der Waals surface area contributed by atoms with Gasteiger partial charge in [0.05, 0.1) is 0 Å². The maximum absolute atomic E-state index is 13.5. The molecule has 2 atom stereocenters. The van der Waals surface area contributed by atoms with Crippen molar-refractivity contribution >= 4 is 23.6 Å². The third-order valence-corrected chi connectivity index (χ3v) is 5.59. The average molecular weight is 372 g/mol. The Morgan fingerprint density at radius 3 is 2.54 bits per heavy atom. The molecule has 0 spiro atoms. The monoisotopic (exact) mass is 371 g/mol. The molecule has 26 heavy (non-hydrogen) atoms. The number of benzene rings is 1. The van der Waals surface area contributed by atoms with Crippen LogP contribution < -0.4 is 5.32 Å². The molecule has 5 nitrogen and oxygen atoms in total. The predicted octanol–water partition coefficient (Wildman–Crippen LogP) is 2.48. The summed E-state index contributed by atoms with van der Waals surface area (Å²) in [6, 6.07) is 11.2. The van der Waals surface area contributed by atoms with E-state index in [1.165, 1.54) is 0 Å². The SMILES string of the molecule is CNC(=O)C1Cc2ccccc2CN1C(=O)C(CCSC)n1cccc1. The first-order valence-corrected chi connectivity index (χ1v) is 10.2. The summed E-state index contributed by atoms with van der Waals surface area (Å²) in [7, 11) is 1.63. The number of nitrogens with zero attached hydrogens (tertiary/aromatic N) is 2. The lowest BCUT2D eigenvalue weighted by Gasteiger charge is -2.38. The molecule has 2 amide bonds. The van der Waals surface area contributed by atoms with E-state index in [1.54, 1.807) is 23.7 Å². The number of carbonyl (C=O) groups excluding carboxylic acids is 2. The van der Waals surface area contributed by atoms with Gasteiger partial charge in [0.2, 0.25) is 11.8 Å². The summed E-state index contributed by atoms with van der Waals surface area (Å²) >= 11 is 1.73. The van der Waals surface area contributed by atoms with Gasteiger partial charge in [-0.15, -0.1) is 0 Å². The van der Waals surface area contributed by atoms with E-state index in [0.717, 1.165) is 23.3 Å². The maximum Gasteiger partial charge on any atom is 0.246 e. The Labute approximate surface area is 158 Å². The van der Waals surface area contributed by atoms with Gasteiger partial charge in [0.15, 0.2) is 0 Å². The van der Waals surface area contributed by atoms with E-state index in [9.17, 15) is 9.59 Å². The van der Waals surface area contributed by atoms with Crippen molar-refractivity contribution in [3.05, 3.63) is 59.9 Å². The molecule has 0 saturated carbocycles. The van der Waals surface area contributed by atoms with Crippen LogP contribution in [0.25, 0.3) is 0 Å². The van der Waals surface area contributed by atoms with Crippen LogP contribution in [0.15, 0.2) is 48.8 Å². The minimum Gasteiger partial charge on any atom is -0.357 e. The zero-order valence-electron chi connectivity index (χ0n) is 15.2. The van der Waals surface area contributed by atoms with E-state index >= 15 is 0 Å². The second kappa shape index (κ2) is 8.45. The van der Waals surface area contributed by atoms with Crippen LogP contribution in [0, 0.1) is 0 Å². The molecule has 1 aliphatic heterocycles. The minimum atomic E-state index is -0.463. The largest absolute Gasteiger partial charge is 0.357 e. The standard InChI is InChI=1S/C20H25N3O2S/c1-21-19(24)18-13-15-7-3-4-8-16(15)14-23(18)20(25)17(9-12-26-2)22-10-5-6-11-22/h3-8,10-11,17-18H,9,12-14H2,1-2H3,(H,21,24). The Balaban J connectivity index is 1.92. The van der Waals surface area contributed by atoms with Crippen molar-refractivity contribution in [3.8, 4) is 0 Å². The summed E-state index contributed by atoms with van der Waals surface area (Å²) in [5.41, 5.74) is 2.27. The fraction of sp³-hybridized carbons (Fsp3) is 0.400. The number of aromatic nitrogens is 1. The van der Waals surface area contributed by atoms with Gasteiger partial charge < -0.3 is 14.8 Å². The van der Waals surface area contributed by atoms with E-state index in [4.69, 9.17) is 0 Å². The van der Waals surface area contributed by atoms with E-state index < -0.39 is 6.04 Å². The van der Waals surface area contributed by atoms with Gasteiger partial charge in [0.25, 0.3) is 0 Å². The van der Waals surface area contributed by atoms with Crippen LogP contribution in [-0.2, 0) is 22.6 Å². The van der Waals surface area contributed by atoms with Crippen molar-refractivity contribution in [1.29, 1.82) is 0 Å². The Hall–Kier alpha value is -2.21. The highest BCUT2D eigenvalue weighted by molar-refractivity contribution is 7.98. The number of amides is 2. The van der Waals surface area contributed by atoms with Crippen LogP contribution >= 0.6 is 11.8 Å². The second-order valence-electron chi connectivity index (χ2n) is 6.50. The van der Waals surface area contributed by atoms with Gasteiger partial charge in [-0.25, -0.2) is 0 Å². The van der Waals surface area contributed by atoms with E-state index in [1.807, 2.05) is 59.6 Å². The maximum atomic E-state index is 13.5. The van der Waals surface area contributed by atoms with Crippen LogP contribution in [0.3, 0.4) is 0 Å². The summed E-state index contributed by atoms with van der Waals surface area (Å²) in [4.78, 5) is 27.7. The number of likely N-dealkylation sites (N-methyl/N-ethyl adjacent to an activating group) is 1. The van der Waals surface area contributed by atoms with Crippen molar-refractivity contribution in [2.75, 3.05) is 19.1 Å². The smallest absolute Gasteiger partial charge is 0.246 e. The fourth-order valence-corrected chi connectivity index (χ4v) is 3.99. The Kier molecular flexibility index (Phi) is 6.04. The molecule has 1 aromatic heterocycles. The number of hydrogen-bond acceptors (Lipinski definition) is 3. The molecule has 3 rings (SSSR count). The molecule has 2 heterocycles. The molecule has 138 valence electrons. The zero-order valence-corrected chi connectivity index (χ0v) is 16.0. The quantitative estimate of drug-likeness (QED) is 0.849. The molecule has 0 aliphatic carbocycles. The molecular weight excluding hydrogens is 346 g/mol. The van der Waals surface area contributed by atoms with Crippen LogP contribution in [0.4, 0.5) is 0 Å². The number of fused-ring (bicyclic) bond motifs is 1. The summed E-state index contributed by atoms with van der Waals surface area (Å²) < 4.78 is 1.96. The first-order valence-electron chi connectivity index (χ1n) is 8.86. The summed E-state index contributed by atoms with van der Waals surface area (Å²) in [6.45, 7) is 0.476. The molecule has 0 bridgehead atoms. The molecule has 0 fully saturated rings. The van der Waals surface area contributed by atoms with Crippen LogP contribution in [0.1, 0.15) is 23.6 Å². The van der Waals surface area contributed by atoms with E-state index in [2.05, 4.69) is 5.32 Å². The topological polar surface area (TPSA) is 54.3 Å². The first-order chi connectivity index (χ1) is 12.7. The molecule has 1 aromatic carbocycles. The van der Waals surface area contributed by atoms with E-state index in [-0.39, 0.29) is 17.9 Å². The van der Waals surface area contributed by atoms with Gasteiger partial charge in [0, 0.05) is 32.4 Å². The van der Waals surface area contributed by atoms with Crippen LogP contribution in [0.2, 0.25) is 0 Å². The Morgan fingerprint density at radius 1 is 1.19 bits per heavy atom. The van der Waals surface area contributed by atoms with Crippen molar-refractivity contribution in [3.63, 3.8) is 0 Å². The number of nitrogens with one attached hydrogen (secondary N) is 1. The van der Waals surface area contributed by atoms with Gasteiger partial charge in [-0.2, -0.15) is 11.8 Å². The number of carbonyl (C=O) groups is 2. The van der Waals surface area contributed by atoms with Gasteiger partial charge in [-0.3, -0.25) is 9.59 Å². The Bertz CT molecular complexity index is 760. The molecule has 2 aromatic rings. The minimum absolute atomic E-state index is 0.0124. The third-order valence-electron chi connectivity index (χ3n) is 4.95. The predicted molar refractivity (Wildman–Crippen MR) is 105 cm³/mol. The van der Waals surface area contributed by atoms with Gasteiger partial charge in [-0.05, 0) is 41.7 Å². The second-order valence-corrected chi connectivity index (χ2v) is 7.48. The van der Waals surface area contributed by atoms with Gasteiger partial charge in [0.1, 0.15) is 12.1 Å². The highest BCUT2D eigenvalue weighted by atomic mass is 32.2.